The molecule has 1 aromatic heterocycles. The average molecular weight is 406 g/mol. The van der Waals surface area contributed by atoms with E-state index in [9.17, 15) is 10.1 Å². The van der Waals surface area contributed by atoms with Crippen LogP contribution < -0.4 is 10.2 Å². The molecule has 1 aromatic carbocycles. The zero-order valence-electron chi connectivity index (χ0n) is 17.9. The highest BCUT2D eigenvalue weighted by Crippen LogP contribution is 2.48. The van der Waals surface area contributed by atoms with Crippen LogP contribution in [0.15, 0.2) is 24.5 Å². The average Bonchev–Trinajstić information content (AvgIpc) is 2.64. The van der Waals surface area contributed by atoms with Gasteiger partial charge in [0.05, 0.1) is 17.2 Å². The first-order chi connectivity index (χ1) is 14.3. The van der Waals surface area contributed by atoms with Gasteiger partial charge in [0.1, 0.15) is 11.6 Å². The molecule has 2 aliphatic rings. The number of benzene rings is 1. The Balaban J connectivity index is 1.25. The number of nitrogens with one attached hydrogen (secondary N) is 1. The summed E-state index contributed by atoms with van der Waals surface area (Å²) in [5, 5.41) is 14.2. The third-order valence-electron chi connectivity index (χ3n) is 6.02. The molecular formula is C23H27N5O2. The lowest BCUT2D eigenvalue weighted by molar-refractivity contribution is -0.213. The van der Waals surface area contributed by atoms with Gasteiger partial charge in [0.25, 0.3) is 5.91 Å². The number of rotatable bonds is 5. The van der Waals surface area contributed by atoms with E-state index in [0.717, 1.165) is 48.6 Å². The number of carbonyl (C=O) groups is 1. The molecule has 7 heteroatoms. The van der Waals surface area contributed by atoms with Crippen molar-refractivity contribution >= 4 is 5.91 Å². The van der Waals surface area contributed by atoms with Gasteiger partial charge in [-0.15, -0.1) is 5.06 Å². The van der Waals surface area contributed by atoms with Gasteiger partial charge in [-0.2, -0.15) is 5.26 Å². The highest BCUT2D eigenvalue weighted by atomic mass is 16.7. The summed E-state index contributed by atoms with van der Waals surface area (Å²) in [6.45, 7) is 9.61. The van der Waals surface area contributed by atoms with Gasteiger partial charge >= 0.3 is 0 Å². The summed E-state index contributed by atoms with van der Waals surface area (Å²) in [5.41, 5.74) is 3.31. The van der Waals surface area contributed by atoms with Gasteiger partial charge in [0.15, 0.2) is 0 Å². The van der Waals surface area contributed by atoms with Crippen molar-refractivity contribution in [3.05, 3.63) is 52.6 Å². The van der Waals surface area contributed by atoms with Crippen LogP contribution in [0.3, 0.4) is 0 Å². The minimum absolute atomic E-state index is 0.110. The summed E-state index contributed by atoms with van der Waals surface area (Å²) in [6.07, 6.45) is 5.11. The molecule has 2 fully saturated rings. The molecule has 1 amide bonds. The van der Waals surface area contributed by atoms with Crippen LogP contribution in [-0.4, -0.2) is 40.1 Å². The number of nitriles is 1. The standard InChI is InChI=1S/C23H27N5O2/c1-14(2)21-25-10-17(11-26-21)22(29)27-18-7-23(8-18)12-28(13-23)30-19-5-15(3)20(9-24)16(4)6-19/h5-6,10-11,14,18H,7-8,12-13H2,1-4H3,(H,27,29). The van der Waals surface area contributed by atoms with Crippen LogP contribution in [0.25, 0.3) is 0 Å². The Kier molecular flexibility index (Phi) is 5.20. The molecule has 0 unspecified atom stereocenters. The number of amides is 1. The Hall–Kier alpha value is -2.98. The maximum atomic E-state index is 12.4. The van der Waals surface area contributed by atoms with Gasteiger partial charge < -0.3 is 10.2 Å². The monoisotopic (exact) mass is 405 g/mol. The van der Waals surface area contributed by atoms with Crippen LogP contribution in [-0.2, 0) is 0 Å². The second kappa shape index (κ2) is 7.69. The fraction of sp³-hybridized carbons (Fsp3) is 0.478. The van der Waals surface area contributed by atoms with Crippen molar-refractivity contribution in [2.45, 2.75) is 52.5 Å². The first-order valence-corrected chi connectivity index (χ1v) is 10.4. The zero-order chi connectivity index (χ0) is 21.5. The van der Waals surface area contributed by atoms with Crippen molar-refractivity contribution < 1.29 is 9.63 Å². The minimum atomic E-state index is -0.110. The molecule has 1 saturated heterocycles. The van der Waals surface area contributed by atoms with Crippen molar-refractivity contribution in [3.8, 4) is 11.8 Å². The van der Waals surface area contributed by atoms with Crippen LogP contribution in [0.2, 0.25) is 0 Å². The summed E-state index contributed by atoms with van der Waals surface area (Å²) >= 11 is 0. The predicted molar refractivity (Wildman–Crippen MR) is 112 cm³/mol. The van der Waals surface area contributed by atoms with Crippen LogP contribution in [0, 0.1) is 30.6 Å². The van der Waals surface area contributed by atoms with E-state index in [1.807, 2.05) is 44.9 Å². The molecule has 1 aliphatic carbocycles. The highest BCUT2D eigenvalue weighted by Gasteiger charge is 2.54. The predicted octanol–water partition coefficient (Wildman–Crippen LogP) is 3.28. The van der Waals surface area contributed by atoms with E-state index >= 15 is 0 Å². The first-order valence-electron chi connectivity index (χ1n) is 10.4. The Morgan fingerprint density at radius 3 is 2.37 bits per heavy atom. The Labute approximate surface area is 177 Å². The second-order valence-electron chi connectivity index (χ2n) is 9.00. The van der Waals surface area contributed by atoms with E-state index in [2.05, 4.69) is 21.4 Å². The van der Waals surface area contributed by atoms with E-state index in [1.165, 1.54) is 0 Å². The Morgan fingerprint density at radius 2 is 1.83 bits per heavy atom. The molecule has 156 valence electrons. The molecule has 2 aromatic rings. The quantitative estimate of drug-likeness (QED) is 0.821. The topological polar surface area (TPSA) is 91.1 Å². The highest BCUT2D eigenvalue weighted by molar-refractivity contribution is 5.93. The SMILES string of the molecule is Cc1cc(ON2CC3(CC(NC(=O)c4cnc(C(C)C)nc4)C3)C2)cc(C)c1C#N. The van der Waals surface area contributed by atoms with Crippen molar-refractivity contribution in [1.29, 1.82) is 5.26 Å². The summed E-state index contributed by atoms with van der Waals surface area (Å²) in [4.78, 5) is 26.9. The Morgan fingerprint density at radius 1 is 1.23 bits per heavy atom. The summed E-state index contributed by atoms with van der Waals surface area (Å²) < 4.78 is 0. The first kappa shape index (κ1) is 20.3. The molecule has 0 atom stereocenters. The Bertz CT molecular complexity index is 972. The largest absolute Gasteiger partial charge is 0.406 e. The van der Waals surface area contributed by atoms with Gasteiger partial charge in [0, 0.05) is 42.9 Å². The fourth-order valence-corrected chi connectivity index (χ4v) is 4.44. The van der Waals surface area contributed by atoms with E-state index < -0.39 is 0 Å². The van der Waals surface area contributed by atoms with Crippen molar-refractivity contribution in [2.75, 3.05) is 13.1 Å². The molecule has 4 rings (SSSR count). The minimum Gasteiger partial charge on any atom is -0.406 e. The summed E-state index contributed by atoms with van der Waals surface area (Å²) in [7, 11) is 0. The molecule has 1 saturated carbocycles. The van der Waals surface area contributed by atoms with Crippen LogP contribution in [0.1, 0.15) is 65.5 Å². The summed E-state index contributed by atoms with van der Waals surface area (Å²) in [6, 6.07) is 6.24. The van der Waals surface area contributed by atoms with Gasteiger partial charge in [0.2, 0.25) is 0 Å². The van der Waals surface area contributed by atoms with Crippen LogP contribution in [0.4, 0.5) is 0 Å². The molecule has 1 aliphatic heterocycles. The van der Waals surface area contributed by atoms with Crippen molar-refractivity contribution in [2.24, 2.45) is 5.41 Å². The maximum absolute atomic E-state index is 12.4. The third kappa shape index (κ3) is 3.88. The second-order valence-corrected chi connectivity index (χ2v) is 9.00. The third-order valence-corrected chi connectivity index (χ3v) is 6.02. The molecule has 2 heterocycles. The van der Waals surface area contributed by atoms with Crippen LogP contribution >= 0.6 is 0 Å². The number of hydrogen-bond donors (Lipinski definition) is 1. The molecule has 1 spiro atoms. The van der Waals surface area contributed by atoms with E-state index in [1.54, 1.807) is 12.4 Å². The number of nitrogens with zero attached hydrogens (tertiary/aromatic N) is 4. The molecule has 7 nitrogen and oxygen atoms in total. The lowest BCUT2D eigenvalue weighted by atomic mass is 9.61. The number of carbonyl (C=O) groups excluding carboxylic acids is 1. The van der Waals surface area contributed by atoms with Crippen LogP contribution in [0.5, 0.6) is 5.75 Å². The molecule has 0 radical (unpaired) electrons. The van der Waals surface area contributed by atoms with Gasteiger partial charge in [-0.25, -0.2) is 9.97 Å². The normalized spacial score (nSPS) is 17.9. The number of hydrogen-bond acceptors (Lipinski definition) is 6. The van der Waals surface area contributed by atoms with Crippen molar-refractivity contribution in [1.82, 2.24) is 20.3 Å². The lowest BCUT2D eigenvalue weighted by Gasteiger charge is -2.57. The zero-order valence-corrected chi connectivity index (χ0v) is 17.9. The van der Waals surface area contributed by atoms with Crippen molar-refractivity contribution in [3.63, 3.8) is 0 Å². The molecule has 0 bridgehead atoms. The number of aryl methyl sites for hydroxylation is 2. The van der Waals surface area contributed by atoms with Gasteiger partial charge in [-0.05, 0) is 49.9 Å². The molecular weight excluding hydrogens is 378 g/mol. The van der Waals surface area contributed by atoms with Gasteiger partial charge in [-0.1, -0.05) is 13.8 Å². The smallest absolute Gasteiger partial charge is 0.254 e. The molecule has 30 heavy (non-hydrogen) atoms. The van der Waals surface area contributed by atoms with E-state index in [-0.39, 0.29) is 23.3 Å². The van der Waals surface area contributed by atoms with E-state index in [0.29, 0.717) is 11.1 Å². The van der Waals surface area contributed by atoms with Gasteiger partial charge in [-0.3, -0.25) is 4.79 Å². The lowest BCUT2D eigenvalue weighted by Crippen LogP contribution is -2.67. The molecule has 1 N–H and O–H groups in total. The number of hydroxylamine groups is 2. The summed E-state index contributed by atoms with van der Waals surface area (Å²) in [5.74, 6) is 1.65. The number of aromatic nitrogens is 2. The fourth-order valence-electron chi connectivity index (χ4n) is 4.44. The maximum Gasteiger partial charge on any atom is 0.254 e. The van der Waals surface area contributed by atoms with E-state index in [4.69, 9.17) is 4.84 Å².